The fourth-order valence-electron chi connectivity index (χ4n) is 9.55. The van der Waals surface area contributed by atoms with E-state index in [0.29, 0.717) is 0 Å². The van der Waals surface area contributed by atoms with Gasteiger partial charge in [-0.15, -0.1) is 0 Å². The molecule has 64 heavy (non-hydrogen) atoms. The number of fused-ring (bicyclic) bond motifs is 5. The number of anilines is 3. The van der Waals surface area contributed by atoms with Gasteiger partial charge in [0, 0.05) is 33.3 Å². The molecule has 0 unspecified atom stereocenters. The van der Waals surface area contributed by atoms with Gasteiger partial charge in [0.2, 0.25) is 0 Å². The second-order valence-corrected chi connectivity index (χ2v) is 16.4. The molecule has 0 N–H and O–H groups in total. The number of hydrogen-bond acceptors (Lipinski definition) is 2. The minimum atomic E-state index is 0.887. The predicted octanol–water partition coefficient (Wildman–Crippen LogP) is 17.7. The molecule has 0 saturated heterocycles. The molecule has 300 valence electrons. The first-order valence-corrected chi connectivity index (χ1v) is 21.9. The van der Waals surface area contributed by atoms with Crippen LogP contribution in [0.4, 0.5) is 17.1 Å². The van der Waals surface area contributed by atoms with Crippen LogP contribution in [0.15, 0.2) is 253 Å². The highest BCUT2D eigenvalue weighted by molar-refractivity contribution is 6.14. The molecule has 2 nitrogen and oxygen atoms in total. The number of rotatable bonds is 8. The van der Waals surface area contributed by atoms with Crippen LogP contribution in [0.1, 0.15) is 0 Å². The quantitative estimate of drug-likeness (QED) is 0.142. The van der Waals surface area contributed by atoms with Crippen LogP contribution in [0.25, 0.3) is 99.1 Å². The lowest BCUT2D eigenvalue weighted by Gasteiger charge is -2.27. The normalized spacial score (nSPS) is 11.4. The summed E-state index contributed by atoms with van der Waals surface area (Å²) in [6.07, 6.45) is 0. The molecule has 0 saturated carbocycles. The van der Waals surface area contributed by atoms with Gasteiger partial charge in [-0.05, 0) is 114 Å². The summed E-state index contributed by atoms with van der Waals surface area (Å²) in [6, 6.07) is 89.5. The maximum Gasteiger partial charge on any atom is 0.143 e. The molecule has 0 aliphatic carbocycles. The summed E-state index contributed by atoms with van der Waals surface area (Å²) in [5.41, 5.74) is 14.6. The Kier molecular flexibility index (Phi) is 9.20. The standard InChI is InChI=1S/C62H41NO/c1-2-15-47(16-3-1)61-57-25-10-11-27-60(57)64-62(61)50-20-12-19-48(40-50)44-30-28-42(29-31-44)43-32-36-51(37-33-43)63(59-26-13-18-45-14-4-7-22-54(45)59)52-38-34-46(35-39-52)58-41-49-17-5-6-21-53(49)55-23-8-9-24-56(55)58/h1-41H. The van der Waals surface area contributed by atoms with Gasteiger partial charge in [-0.3, -0.25) is 0 Å². The molecule has 1 heterocycles. The van der Waals surface area contributed by atoms with Gasteiger partial charge in [-0.1, -0.05) is 200 Å². The smallest absolute Gasteiger partial charge is 0.143 e. The summed E-state index contributed by atoms with van der Waals surface area (Å²) < 4.78 is 6.56. The topological polar surface area (TPSA) is 16.4 Å². The molecule has 0 fully saturated rings. The Hall–Kier alpha value is -8.46. The lowest BCUT2D eigenvalue weighted by molar-refractivity contribution is 0.632. The Morgan fingerprint density at radius 3 is 1.52 bits per heavy atom. The minimum Gasteiger partial charge on any atom is -0.455 e. The van der Waals surface area contributed by atoms with Crippen LogP contribution >= 0.6 is 0 Å². The molecule has 0 aliphatic rings. The van der Waals surface area contributed by atoms with E-state index in [1.807, 2.05) is 12.1 Å². The van der Waals surface area contributed by atoms with Crippen molar-refractivity contribution in [1.82, 2.24) is 0 Å². The fraction of sp³-hybridized carbons (Fsp3) is 0. The van der Waals surface area contributed by atoms with Crippen LogP contribution < -0.4 is 4.90 Å². The van der Waals surface area contributed by atoms with E-state index in [-0.39, 0.29) is 0 Å². The summed E-state index contributed by atoms with van der Waals surface area (Å²) in [6.45, 7) is 0. The molecule has 0 radical (unpaired) electrons. The fourth-order valence-corrected chi connectivity index (χ4v) is 9.55. The zero-order valence-corrected chi connectivity index (χ0v) is 35.0. The molecule has 11 aromatic carbocycles. The third-order valence-corrected chi connectivity index (χ3v) is 12.7. The molecular formula is C62H41NO. The molecule has 0 spiro atoms. The maximum atomic E-state index is 6.56. The first-order valence-electron chi connectivity index (χ1n) is 21.9. The van der Waals surface area contributed by atoms with E-state index in [4.69, 9.17) is 4.42 Å². The molecule has 0 aliphatic heterocycles. The van der Waals surface area contributed by atoms with Gasteiger partial charge in [-0.2, -0.15) is 0 Å². The molecule has 12 aromatic rings. The minimum absolute atomic E-state index is 0.887. The van der Waals surface area contributed by atoms with Gasteiger partial charge in [0.25, 0.3) is 0 Å². The zero-order valence-electron chi connectivity index (χ0n) is 35.0. The number of nitrogens with zero attached hydrogens (tertiary/aromatic N) is 1. The first-order chi connectivity index (χ1) is 31.7. The third kappa shape index (κ3) is 6.61. The Morgan fingerprint density at radius 1 is 0.281 bits per heavy atom. The summed E-state index contributed by atoms with van der Waals surface area (Å²) in [5.74, 6) is 0.887. The number of hydrogen-bond donors (Lipinski definition) is 0. The van der Waals surface area contributed by atoms with E-state index in [1.54, 1.807) is 0 Å². The summed E-state index contributed by atoms with van der Waals surface area (Å²) in [5, 5.41) is 8.60. The van der Waals surface area contributed by atoms with Crippen molar-refractivity contribution in [2.75, 3.05) is 4.90 Å². The van der Waals surface area contributed by atoms with E-state index in [0.717, 1.165) is 67.2 Å². The van der Waals surface area contributed by atoms with Gasteiger partial charge in [-0.25, -0.2) is 0 Å². The van der Waals surface area contributed by atoms with Crippen molar-refractivity contribution in [2.45, 2.75) is 0 Å². The molecular weight excluding hydrogens is 775 g/mol. The van der Waals surface area contributed by atoms with E-state index in [9.17, 15) is 0 Å². The average Bonchev–Trinajstić information content (AvgIpc) is 3.77. The lowest BCUT2D eigenvalue weighted by Crippen LogP contribution is -2.10. The maximum absolute atomic E-state index is 6.56. The first kappa shape index (κ1) is 37.3. The number of furan rings is 1. The monoisotopic (exact) mass is 815 g/mol. The summed E-state index contributed by atoms with van der Waals surface area (Å²) in [7, 11) is 0. The highest BCUT2D eigenvalue weighted by atomic mass is 16.3. The van der Waals surface area contributed by atoms with Gasteiger partial charge >= 0.3 is 0 Å². The van der Waals surface area contributed by atoms with Crippen molar-refractivity contribution >= 4 is 60.3 Å². The van der Waals surface area contributed by atoms with Gasteiger partial charge in [0.1, 0.15) is 11.3 Å². The van der Waals surface area contributed by atoms with Crippen LogP contribution in [-0.2, 0) is 0 Å². The van der Waals surface area contributed by atoms with Crippen LogP contribution in [-0.4, -0.2) is 0 Å². The third-order valence-electron chi connectivity index (χ3n) is 12.7. The molecule has 12 rings (SSSR count). The average molecular weight is 816 g/mol. The molecule has 1 aromatic heterocycles. The molecule has 2 heteroatoms. The van der Waals surface area contributed by atoms with Crippen LogP contribution in [0, 0.1) is 0 Å². The molecule has 0 bridgehead atoms. The van der Waals surface area contributed by atoms with Crippen molar-refractivity contribution in [3.8, 4) is 55.8 Å². The summed E-state index contributed by atoms with van der Waals surface area (Å²) in [4.78, 5) is 2.38. The SMILES string of the molecule is c1ccc(-c2c(-c3cccc(-c4ccc(-c5ccc(N(c6ccc(-c7cc8ccccc8c8ccccc78)cc6)c6cccc7ccccc67)cc5)cc4)c3)oc3ccccc23)cc1. The lowest BCUT2D eigenvalue weighted by atomic mass is 9.93. The second-order valence-electron chi connectivity index (χ2n) is 16.4. The summed E-state index contributed by atoms with van der Waals surface area (Å²) >= 11 is 0. The molecule has 0 amide bonds. The zero-order chi connectivity index (χ0) is 42.4. The van der Waals surface area contributed by atoms with Crippen LogP contribution in [0.3, 0.4) is 0 Å². The Bertz CT molecular complexity index is 3630. The van der Waals surface area contributed by atoms with Crippen LogP contribution in [0.5, 0.6) is 0 Å². The van der Waals surface area contributed by atoms with Gasteiger partial charge < -0.3 is 9.32 Å². The predicted molar refractivity (Wildman–Crippen MR) is 271 cm³/mol. The van der Waals surface area contributed by atoms with Crippen molar-refractivity contribution < 1.29 is 4.42 Å². The van der Waals surface area contributed by atoms with Crippen molar-refractivity contribution in [3.05, 3.63) is 249 Å². The highest BCUT2D eigenvalue weighted by Gasteiger charge is 2.19. The number of benzene rings is 11. The van der Waals surface area contributed by atoms with Gasteiger partial charge in [0.15, 0.2) is 0 Å². The van der Waals surface area contributed by atoms with Crippen molar-refractivity contribution in [3.63, 3.8) is 0 Å². The van der Waals surface area contributed by atoms with E-state index >= 15 is 0 Å². The second kappa shape index (κ2) is 15.8. The van der Waals surface area contributed by atoms with Gasteiger partial charge in [0.05, 0.1) is 5.69 Å². The number of para-hydroxylation sites is 1. The van der Waals surface area contributed by atoms with E-state index in [2.05, 4.69) is 241 Å². The van der Waals surface area contributed by atoms with Crippen molar-refractivity contribution in [1.29, 1.82) is 0 Å². The van der Waals surface area contributed by atoms with Crippen molar-refractivity contribution in [2.24, 2.45) is 0 Å². The van der Waals surface area contributed by atoms with E-state index < -0.39 is 0 Å². The van der Waals surface area contributed by atoms with Crippen LogP contribution in [0.2, 0.25) is 0 Å². The highest BCUT2D eigenvalue weighted by Crippen LogP contribution is 2.44. The molecule has 0 atom stereocenters. The Labute approximate surface area is 372 Å². The Balaban J connectivity index is 0.875. The largest absolute Gasteiger partial charge is 0.455 e. The van der Waals surface area contributed by atoms with E-state index in [1.165, 1.54) is 49.0 Å². The Morgan fingerprint density at radius 2 is 0.781 bits per heavy atom.